The highest BCUT2D eigenvalue weighted by Gasteiger charge is 2.28. The molecule has 0 spiro atoms. The average Bonchev–Trinajstić information content (AvgIpc) is 3.01. The van der Waals surface area contributed by atoms with Crippen LogP contribution >= 0.6 is 11.8 Å². The summed E-state index contributed by atoms with van der Waals surface area (Å²) in [6.45, 7) is 8.10. The van der Waals surface area contributed by atoms with Gasteiger partial charge in [-0.3, -0.25) is 14.4 Å². The molecule has 1 fully saturated rings. The van der Waals surface area contributed by atoms with Crippen LogP contribution in [0.4, 0.5) is 0 Å². The first-order chi connectivity index (χ1) is 12.6. The molecule has 0 radical (unpaired) electrons. The van der Waals surface area contributed by atoms with Crippen molar-refractivity contribution in [2.45, 2.75) is 51.1 Å². The van der Waals surface area contributed by atoms with Crippen LogP contribution in [-0.2, 0) is 13.1 Å². The molecular formula is C21H29N3OS. The number of benzene rings is 1. The zero-order valence-electron chi connectivity index (χ0n) is 16.1. The third kappa shape index (κ3) is 4.21. The monoisotopic (exact) mass is 371 g/mol. The third-order valence-electron chi connectivity index (χ3n) is 5.28. The van der Waals surface area contributed by atoms with E-state index >= 15 is 0 Å². The number of hydrogen-bond acceptors (Lipinski definition) is 4. The van der Waals surface area contributed by atoms with E-state index in [0.717, 1.165) is 55.9 Å². The standard InChI is InChI=1S/C21H29N3OS/c1-4-11-24-16(2)18(13-22-24)15-23-12-7-8-17(14-23)21(25)19-9-5-6-10-20(19)26-3/h5-6,9-10,13,17H,4,7-8,11-12,14-15H2,1-3H3. The fourth-order valence-corrected chi connectivity index (χ4v) is 4.40. The Labute approximate surface area is 161 Å². The van der Waals surface area contributed by atoms with Crippen LogP contribution < -0.4 is 0 Å². The predicted molar refractivity (Wildman–Crippen MR) is 108 cm³/mol. The van der Waals surface area contributed by atoms with Gasteiger partial charge in [-0.25, -0.2) is 0 Å². The zero-order valence-corrected chi connectivity index (χ0v) is 16.9. The highest BCUT2D eigenvalue weighted by Crippen LogP contribution is 2.27. The topological polar surface area (TPSA) is 38.1 Å². The van der Waals surface area contributed by atoms with Gasteiger partial charge >= 0.3 is 0 Å². The van der Waals surface area contributed by atoms with Crippen molar-refractivity contribution < 1.29 is 4.79 Å². The van der Waals surface area contributed by atoms with E-state index in [1.54, 1.807) is 11.8 Å². The van der Waals surface area contributed by atoms with E-state index in [-0.39, 0.29) is 5.92 Å². The zero-order chi connectivity index (χ0) is 18.5. The molecule has 1 aliphatic rings. The van der Waals surface area contributed by atoms with Crippen molar-refractivity contribution in [2.75, 3.05) is 19.3 Å². The smallest absolute Gasteiger partial charge is 0.168 e. The molecule has 0 amide bonds. The number of piperidine rings is 1. The molecule has 26 heavy (non-hydrogen) atoms. The van der Waals surface area contributed by atoms with E-state index < -0.39 is 0 Å². The highest BCUT2D eigenvalue weighted by atomic mass is 32.2. The van der Waals surface area contributed by atoms with Gasteiger partial charge in [0.05, 0.1) is 6.20 Å². The number of carbonyl (C=O) groups is 1. The van der Waals surface area contributed by atoms with E-state index in [9.17, 15) is 4.79 Å². The quantitative estimate of drug-likeness (QED) is 0.533. The SMILES string of the molecule is CCCn1ncc(CN2CCCC(C(=O)c3ccccc3SC)C2)c1C. The molecule has 5 heteroatoms. The number of Topliss-reactive ketones (excluding diaryl/α,β-unsaturated/α-hetero) is 1. The van der Waals surface area contributed by atoms with Crippen LogP contribution in [0.5, 0.6) is 0 Å². The van der Waals surface area contributed by atoms with Crippen molar-refractivity contribution in [1.82, 2.24) is 14.7 Å². The third-order valence-corrected chi connectivity index (χ3v) is 6.08. The average molecular weight is 372 g/mol. The number of thioether (sulfide) groups is 1. The fourth-order valence-electron chi connectivity index (χ4n) is 3.80. The Morgan fingerprint density at radius 2 is 2.15 bits per heavy atom. The van der Waals surface area contributed by atoms with Gasteiger partial charge in [0.25, 0.3) is 0 Å². The minimum atomic E-state index is 0.100. The van der Waals surface area contributed by atoms with E-state index in [4.69, 9.17) is 0 Å². The van der Waals surface area contributed by atoms with Gasteiger partial charge in [-0.15, -0.1) is 11.8 Å². The summed E-state index contributed by atoms with van der Waals surface area (Å²) in [5.41, 5.74) is 3.43. The summed E-state index contributed by atoms with van der Waals surface area (Å²) in [7, 11) is 0. The number of hydrogen-bond donors (Lipinski definition) is 0. The van der Waals surface area contributed by atoms with Gasteiger partial charge in [-0.2, -0.15) is 5.10 Å². The van der Waals surface area contributed by atoms with Crippen molar-refractivity contribution in [1.29, 1.82) is 0 Å². The van der Waals surface area contributed by atoms with E-state index in [2.05, 4.69) is 28.5 Å². The van der Waals surface area contributed by atoms with Crippen molar-refractivity contribution in [2.24, 2.45) is 5.92 Å². The molecule has 2 heterocycles. The number of nitrogens with zero attached hydrogens (tertiary/aromatic N) is 3. The molecule has 1 atom stereocenters. The van der Waals surface area contributed by atoms with Gasteiger partial charge in [-0.1, -0.05) is 25.1 Å². The second kappa shape index (κ2) is 8.87. The molecule has 0 N–H and O–H groups in total. The molecule has 2 aromatic rings. The number of carbonyl (C=O) groups excluding carboxylic acids is 1. The molecule has 1 aliphatic heterocycles. The van der Waals surface area contributed by atoms with Crippen LogP contribution in [0.1, 0.15) is 47.8 Å². The summed E-state index contributed by atoms with van der Waals surface area (Å²) in [5, 5.41) is 4.52. The van der Waals surface area contributed by atoms with Gasteiger partial charge in [0.15, 0.2) is 5.78 Å². The molecule has 1 aromatic carbocycles. The lowest BCUT2D eigenvalue weighted by Crippen LogP contribution is -2.38. The molecule has 1 unspecified atom stereocenters. The second-order valence-electron chi connectivity index (χ2n) is 7.12. The summed E-state index contributed by atoms with van der Waals surface area (Å²) < 4.78 is 2.09. The Kier molecular flexibility index (Phi) is 6.54. The summed E-state index contributed by atoms with van der Waals surface area (Å²) in [5.74, 6) is 0.404. The molecule has 4 nitrogen and oxygen atoms in total. The van der Waals surface area contributed by atoms with Crippen molar-refractivity contribution in [3.05, 3.63) is 47.3 Å². The van der Waals surface area contributed by atoms with Gasteiger partial charge < -0.3 is 0 Å². The Balaban J connectivity index is 1.68. The largest absolute Gasteiger partial charge is 0.298 e. The first kappa shape index (κ1) is 19.2. The second-order valence-corrected chi connectivity index (χ2v) is 7.97. The lowest BCUT2D eigenvalue weighted by molar-refractivity contribution is 0.0808. The molecule has 140 valence electrons. The minimum absolute atomic E-state index is 0.100. The molecule has 1 saturated heterocycles. The Hall–Kier alpha value is -1.59. The first-order valence-corrected chi connectivity index (χ1v) is 10.8. The van der Waals surface area contributed by atoms with Gasteiger partial charge in [0.2, 0.25) is 0 Å². The highest BCUT2D eigenvalue weighted by molar-refractivity contribution is 7.98. The normalized spacial score (nSPS) is 18.2. The molecule has 0 saturated carbocycles. The van der Waals surface area contributed by atoms with Gasteiger partial charge in [0.1, 0.15) is 0 Å². The number of aryl methyl sites for hydroxylation is 1. The molecule has 3 rings (SSSR count). The van der Waals surface area contributed by atoms with Gasteiger partial charge in [-0.05, 0) is 45.1 Å². The maximum Gasteiger partial charge on any atom is 0.168 e. The van der Waals surface area contributed by atoms with Crippen molar-refractivity contribution in [3.63, 3.8) is 0 Å². The number of likely N-dealkylation sites (tertiary alicyclic amines) is 1. The lowest BCUT2D eigenvalue weighted by atomic mass is 9.89. The Morgan fingerprint density at radius 3 is 2.92 bits per heavy atom. The predicted octanol–water partition coefficient (Wildman–Crippen LogP) is 4.42. The molecule has 0 aliphatic carbocycles. The van der Waals surface area contributed by atoms with E-state index in [1.165, 1.54) is 11.3 Å². The Bertz CT molecular complexity index is 755. The first-order valence-electron chi connectivity index (χ1n) is 9.55. The number of rotatable bonds is 7. The summed E-state index contributed by atoms with van der Waals surface area (Å²) >= 11 is 1.66. The fraction of sp³-hybridized carbons (Fsp3) is 0.524. The van der Waals surface area contributed by atoms with Crippen LogP contribution in [0, 0.1) is 12.8 Å². The van der Waals surface area contributed by atoms with E-state index in [0.29, 0.717) is 5.78 Å². The van der Waals surface area contributed by atoms with Gasteiger partial charge in [0, 0.05) is 47.3 Å². The van der Waals surface area contributed by atoms with Crippen LogP contribution in [-0.4, -0.2) is 39.8 Å². The lowest BCUT2D eigenvalue weighted by Gasteiger charge is -2.32. The summed E-state index contributed by atoms with van der Waals surface area (Å²) in [6.07, 6.45) is 7.21. The molecule has 0 bridgehead atoms. The maximum atomic E-state index is 13.1. The Morgan fingerprint density at radius 1 is 1.35 bits per heavy atom. The van der Waals surface area contributed by atoms with Crippen LogP contribution in [0.3, 0.4) is 0 Å². The number of aromatic nitrogens is 2. The maximum absolute atomic E-state index is 13.1. The van der Waals surface area contributed by atoms with Crippen LogP contribution in [0.25, 0.3) is 0 Å². The molecule has 1 aromatic heterocycles. The molecular weight excluding hydrogens is 342 g/mol. The summed E-state index contributed by atoms with van der Waals surface area (Å²) in [4.78, 5) is 16.6. The number of ketones is 1. The van der Waals surface area contributed by atoms with Crippen LogP contribution in [0.15, 0.2) is 35.4 Å². The van der Waals surface area contributed by atoms with Crippen molar-refractivity contribution >= 4 is 17.5 Å². The van der Waals surface area contributed by atoms with Crippen LogP contribution in [0.2, 0.25) is 0 Å². The minimum Gasteiger partial charge on any atom is -0.298 e. The van der Waals surface area contributed by atoms with Crippen molar-refractivity contribution in [3.8, 4) is 0 Å². The summed E-state index contributed by atoms with van der Waals surface area (Å²) in [6, 6.07) is 8.00. The van der Waals surface area contributed by atoms with E-state index in [1.807, 2.05) is 36.7 Å².